The Morgan fingerprint density at radius 1 is 0.962 bits per heavy atom. The first-order valence-corrected chi connectivity index (χ1v) is 19.3. The fourth-order valence-corrected chi connectivity index (χ4v) is 8.75. The number of amides is 3. The molecule has 3 aliphatic carbocycles. The van der Waals surface area contributed by atoms with Crippen molar-refractivity contribution >= 4 is 40.5 Å². The first-order chi connectivity index (χ1) is 24.9. The van der Waals surface area contributed by atoms with E-state index in [4.69, 9.17) is 18.6 Å². The van der Waals surface area contributed by atoms with Gasteiger partial charge < -0.3 is 34.2 Å². The second-order valence-corrected chi connectivity index (χ2v) is 16.5. The fraction of sp³-hybridized carbons (Fsp3) is 0.700. The minimum atomic E-state index is -0.708. The Morgan fingerprint density at radius 3 is 2.33 bits per heavy atom. The Bertz CT molecular complexity index is 1570. The quantitative estimate of drug-likeness (QED) is 0.229. The van der Waals surface area contributed by atoms with Crippen molar-refractivity contribution in [3.63, 3.8) is 0 Å². The summed E-state index contributed by atoms with van der Waals surface area (Å²) in [7, 11) is 1.74. The lowest BCUT2D eigenvalue weighted by Gasteiger charge is -2.38. The van der Waals surface area contributed by atoms with Crippen molar-refractivity contribution in [3.05, 3.63) is 30.0 Å². The van der Waals surface area contributed by atoms with Crippen molar-refractivity contribution in [3.8, 4) is 0 Å². The summed E-state index contributed by atoms with van der Waals surface area (Å²) in [5.41, 5.74) is 0.392. The van der Waals surface area contributed by atoms with Crippen molar-refractivity contribution in [1.82, 2.24) is 10.2 Å². The van der Waals surface area contributed by atoms with Gasteiger partial charge in [-0.15, -0.1) is 0 Å². The van der Waals surface area contributed by atoms with Gasteiger partial charge in [-0.3, -0.25) is 9.59 Å². The molecule has 0 bridgehead atoms. The number of carbonyl (C=O) groups is 4. The summed E-state index contributed by atoms with van der Waals surface area (Å²) in [5.74, 6) is -0.260. The van der Waals surface area contributed by atoms with E-state index < -0.39 is 36.4 Å². The summed E-state index contributed by atoms with van der Waals surface area (Å²) in [6.45, 7) is 5.48. The van der Waals surface area contributed by atoms with Crippen LogP contribution >= 0.6 is 0 Å². The topological polar surface area (TPSA) is 136 Å². The molecule has 1 aliphatic heterocycles. The molecule has 52 heavy (non-hydrogen) atoms. The molecule has 2 aromatic rings. The monoisotopic (exact) mass is 725 g/mol. The summed E-state index contributed by atoms with van der Waals surface area (Å²) in [6, 6.07) is 5.61. The van der Waals surface area contributed by atoms with Crippen molar-refractivity contribution in [2.75, 3.05) is 32.3 Å². The van der Waals surface area contributed by atoms with Gasteiger partial charge in [-0.1, -0.05) is 6.42 Å². The Labute approximate surface area is 306 Å². The third-order valence-electron chi connectivity index (χ3n) is 11.9. The molecule has 12 heteroatoms. The summed E-state index contributed by atoms with van der Waals surface area (Å²) in [5, 5.41) is 6.47. The van der Waals surface area contributed by atoms with E-state index in [1.54, 1.807) is 57.0 Å². The second-order valence-electron chi connectivity index (χ2n) is 16.5. The highest BCUT2D eigenvalue weighted by Crippen LogP contribution is 2.42. The number of alkyl halides is 1. The first kappa shape index (κ1) is 38.1. The lowest BCUT2D eigenvalue weighted by atomic mass is 9.75. The highest BCUT2D eigenvalue weighted by atomic mass is 19.1. The number of methoxy groups -OCH3 is 1. The molecule has 3 saturated carbocycles. The number of anilines is 1. The molecule has 3 amide bonds. The Morgan fingerprint density at radius 2 is 1.69 bits per heavy atom. The Balaban J connectivity index is 1.12. The van der Waals surface area contributed by atoms with Crippen molar-refractivity contribution in [2.24, 2.45) is 29.6 Å². The molecule has 6 rings (SSSR count). The van der Waals surface area contributed by atoms with E-state index in [1.807, 2.05) is 0 Å². The predicted molar refractivity (Wildman–Crippen MR) is 193 cm³/mol. The number of alkyl carbamates (subject to hydrolysis) is 1. The Hall–Kier alpha value is -3.67. The number of rotatable bonds is 11. The van der Waals surface area contributed by atoms with E-state index in [0.29, 0.717) is 67.3 Å². The molecule has 286 valence electrons. The molecule has 1 aromatic carbocycles. The van der Waals surface area contributed by atoms with Crippen LogP contribution in [0.3, 0.4) is 0 Å². The standard InChI is InChI=1S/C40H56FN3O8/c1-40(2,3)52-39(48)43-32(22-41)26-8-10-27(11-9-26)37(46)44-19-18-31(25-12-15-30(49-4)16-13-25)35(44)36(45)42-29-14-17-33-28(20-29)21-34(51-33)38(47)50-23-24-6-5-7-24/h14,17,20-21,24-27,30-32,35H,5-13,15-16,18-19,22-23H2,1-4H3,(H,42,45)(H,43,48)/t25?,26-,27-,30?,31-,32+,35-/m0/s1. The van der Waals surface area contributed by atoms with Crippen molar-refractivity contribution in [1.29, 1.82) is 0 Å². The molecule has 11 nitrogen and oxygen atoms in total. The summed E-state index contributed by atoms with van der Waals surface area (Å²) < 4.78 is 36.3. The summed E-state index contributed by atoms with van der Waals surface area (Å²) >= 11 is 0. The minimum Gasteiger partial charge on any atom is -0.460 e. The van der Waals surface area contributed by atoms with Crippen LogP contribution in [0.5, 0.6) is 0 Å². The third-order valence-corrected chi connectivity index (χ3v) is 11.9. The normalized spacial score (nSPS) is 27.4. The molecule has 4 fully saturated rings. The van der Waals surface area contributed by atoms with Crippen molar-refractivity contribution < 1.29 is 42.2 Å². The largest absolute Gasteiger partial charge is 0.460 e. The Kier molecular flexibility index (Phi) is 12.1. The number of fused-ring (bicyclic) bond motifs is 1. The maximum atomic E-state index is 14.3. The molecule has 2 heterocycles. The van der Waals surface area contributed by atoms with Crippen LogP contribution in [0.2, 0.25) is 0 Å². The number of carbonyl (C=O) groups excluding carboxylic acids is 4. The number of furan rings is 1. The maximum Gasteiger partial charge on any atom is 0.407 e. The van der Waals surface area contributed by atoms with Crippen LogP contribution in [0.4, 0.5) is 14.9 Å². The van der Waals surface area contributed by atoms with E-state index in [2.05, 4.69) is 10.6 Å². The van der Waals surface area contributed by atoms with Crippen LogP contribution in [-0.4, -0.2) is 79.5 Å². The first-order valence-electron chi connectivity index (χ1n) is 19.3. The number of nitrogens with one attached hydrogen (secondary N) is 2. The van der Waals surface area contributed by atoms with Crippen LogP contribution in [-0.2, 0) is 23.8 Å². The molecule has 4 aliphatic rings. The van der Waals surface area contributed by atoms with Gasteiger partial charge >= 0.3 is 12.1 Å². The number of benzene rings is 1. The van der Waals surface area contributed by atoms with Crippen LogP contribution in [0.1, 0.15) is 108 Å². The molecule has 1 saturated heterocycles. The van der Waals surface area contributed by atoms with Gasteiger partial charge in [0.15, 0.2) is 0 Å². The highest BCUT2D eigenvalue weighted by Gasteiger charge is 2.47. The number of halogens is 1. The lowest BCUT2D eigenvalue weighted by molar-refractivity contribution is -0.142. The zero-order valence-electron chi connectivity index (χ0n) is 31.1. The van der Waals surface area contributed by atoms with Crippen LogP contribution < -0.4 is 10.6 Å². The predicted octanol–water partition coefficient (Wildman–Crippen LogP) is 7.42. The van der Waals surface area contributed by atoms with Gasteiger partial charge in [-0.25, -0.2) is 14.0 Å². The SMILES string of the molecule is COC1CCC([C@@H]2CCN(C(=O)[C@H]3CC[C@H]([C@@H](CF)NC(=O)OC(C)(C)C)CC3)[C@@H]2C(=O)Nc2ccc3oc(C(=O)OCC4CCC4)cc3c2)CC1. The van der Waals surface area contributed by atoms with Crippen LogP contribution in [0.15, 0.2) is 28.7 Å². The molecule has 1 aromatic heterocycles. The summed E-state index contributed by atoms with van der Waals surface area (Å²) in [4.78, 5) is 55.3. The van der Waals surface area contributed by atoms with Crippen LogP contribution in [0, 0.1) is 29.6 Å². The number of hydrogen-bond donors (Lipinski definition) is 2. The zero-order valence-corrected chi connectivity index (χ0v) is 31.1. The highest BCUT2D eigenvalue weighted by molar-refractivity contribution is 6.00. The molecule has 0 radical (unpaired) electrons. The second kappa shape index (κ2) is 16.6. The number of esters is 1. The van der Waals surface area contributed by atoms with Gasteiger partial charge in [0.1, 0.15) is 23.9 Å². The molecular weight excluding hydrogens is 669 g/mol. The van der Waals surface area contributed by atoms with Gasteiger partial charge in [0.05, 0.1) is 18.8 Å². The van der Waals surface area contributed by atoms with E-state index in [1.165, 1.54) is 6.42 Å². The fourth-order valence-electron chi connectivity index (χ4n) is 8.75. The smallest absolute Gasteiger partial charge is 0.407 e. The summed E-state index contributed by atoms with van der Waals surface area (Å²) in [6.07, 6.45) is 9.71. The lowest BCUT2D eigenvalue weighted by Crippen LogP contribution is -2.50. The number of likely N-dealkylation sites (tertiary alicyclic amines) is 1. The number of nitrogens with zero attached hydrogens (tertiary/aromatic N) is 1. The van der Waals surface area contributed by atoms with E-state index in [0.717, 1.165) is 44.9 Å². The van der Waals surface area contributed by atoms with E-state index in [-0.39, 0.29) is 41.4 Å². The van der Waals surface area contributed by atoms with Gasteiger partial charge in [-0.05, 0) is 139 Å². The molecule has 2 N–H and O–H groups in total. The number of ether oxygens (including phenoxy) is 3. The minimum absolute atomic E-state index is 0.0155. The van der Waals surface area contributed by atoms with Crippen LogP contribution in [0.25, 0.3) is 11.0 Å². The molecule has 3 atom stereocenters. The zero-order chi connectivity index (χ0) is 37.0. The van der Waals surface area contributed by atoms with E-state index in [9.17, 15) is 23.6 Å². The average molecular weight is 726 g/mol. The average Bonchev–Trinajstić information content (AvgIpc) is 3.74. The molecular formula is C40H56FN3O8. The van der Waals surface area contributed by atoms with Gasteiger partial charge in [0, 0.05) is 30.6 Å². The van der Waals surface area contributed by atoms with Gasteiger partial charge in [0.25, 0.3) is 0 Å². The van der Waals surface area contributed by atoms with Gasteiger partial charge in [-0.2, -0.15) is 0 Å². The third kappa shape index (κ3) is 9.09. The van der Waals surface area contributed by atoms with Crippen molar-refractivity contribution in [2.45, 2.75) is 122 Å². The van der Waals surface area contributed by atoms with Gasteiger partial charge in [0.2, 0.25) is 17.6 Å². The molecule has 0 unspecified atom stereocenters. The molecule has 0 spiro atoms. The van der Waals surface area contributed by atoms with E-state index >= 15 is 0 Å². The number of hydrogen-bond acceptors (Lipinski definition) is 8. The maximum absolute atomic E-state index is 14.3.